The molecule has 2 aliphatic heterocycles. The minimum atomic E-state index is -1.06. The molecule has 0 spiro atoms. The van der Waals surface area contributed by atoms with Gasteiger partial charge < -0.3 is 14.6 Å². The van der Waals surface area contributed by atoms with Gasteiger partial charge in [-0.15, -0.1) is 0 Å². The Morgan fingerprint density at radius 2 is 2.21 bits per heavy atom. The summed E-state index contributed by atoms with van der Waals surface area (Å²) >= 11 is 0. The van der Waals surface area contributed by atoms with Gasteiger partial charge >= 0.3 is 5.97 Å². The summed E-state index contributed by atoms with van der Waals surface area (Å²) in [6, 6.07) is 0. The lowest BCUT2D eigenvalue weighted by atomic mass is 9.62. The molecule has 1 atom stereocenters. The average molecular weight is 331 g/mol. The summed E-state index contributed by atoms with van der Waals surface area (Å²) in [5.74, 6) is -0.472. The predicted octanol–water partition coefficient (Wildman–Crippen LogP) is 2.43. The highest BCUT2D eigenvalue weighted by Crippen LogP contribution is 2.58. The van der Waals surface area contributed by atoms with Crippen molar-refractivity contribution in [2.75, 3.05) is 6.61 Å². The van der Waals surface area contributed by atoms with E-state index in [9.17, 15) is 9.90 Å². The summed E-state index contributed by atoms with van der Waals surface area (Å²) in [6.45, 7) is 6.64. The van der Waals surface area contributed by atoms with E-state index in [4.69, 9.17) is 9.47 Å². The van der Waals surface area contributed by atoms with Crippen molar-refractivity contribution in [2.45, 2.75) is 57.2 Å². The zero-order chi connectivity index (χ0) is 17.1. The molecule has 128 valence electrons. The van der Waals surface area contributed by atoms with Crippen molar-refractivity contribution in [1.29, 1.82) is 0 Å². The van der Waals surface area contributed by atoms with E-state index in [0.717, 1.165) is 25.0 Å². The van der Waals surface area contributed by atoms with Gasteiger partial charge in [-0.2, -0.15) is 4.98 Å². The fourth-order valence-electron chi connectivity index (χ4n) is 3.82. The quantitative estimate of drug-likeness (QED) is 0.905. The van der Waals surface area contributed by atoms with Crippen molar-refractivity contribution >= 4 is 11.7 Å². The van der Waals surface area contributed by atoms with Crippen LogP contribution in [0.1, 0.15) is 56.1 Å². The standard InChI is InChI=1S/C17H21N3O4/c1-4-10(2)24-13-11(14(21)22)5-20-6-12(18-15(20)19-13)17-7-16(3,8-17)23-9-17/h5-6,10H,4,7-9H2,1-3H3,(H,21,22)/t10-,16?,17?/m0/s1. The monoisotopic (exact) mass is 331 g/mol. The van der Waals surface area contributed by atoms with Crippen molar-refractivity contribution in [3.05, 3.63) is 23.7 Å². The van der Waals surface area contributed by atoms with Gasteiger partial charge in [0.05, 0.1) is 24.0 Å². The Kier molecular flexibility index (Phi) is 3.16. The topological polar surface area (TPSA) is 86.0 Å². The first kappa shape index (κ1) is 15.4. The maximum atomic E-state index is 11.5. The number of rotatable bonds is 5. The van der Waals surface area contributed by atoms with Gasteiger partial charge in [-0.3, -0.25) is 4.40 Å². The van der Waals surface area contributed by atoms with Crippen LogP contribution in [-0.4, -0.2) is 43.8 Å². The van der Waals surface area contributed by atoms with Crippen molar-refractivity contribution in [1.82, 2.24) is 14.4 Å². The second kappa shape index (κ2) is 4.92. The van der Waals surface area contributed by atoms with Gasteiger partial charge in [-0.05, 0) is 33.1 Å². The van der Waals surface area contributed by atoms with Crippen molar-refractivity contribution in [3.8, 4) is 5.88 Å². The van der Waals surface area contributed by atoms with Gasteiger partial charge in [0.25, 0.3) is 0 Å². The second-order valence-corrected chi connectivity index (χ2v) is 7.31. The smallest absolute Gasteiger partial charge is 0.342 e. The maximum absolute atomic E-state index is 11.5. The Balaban J connectivity index is 1.75. The molecule has 2 aromatic heterocycles. The Labute approximate surface area is 139 Å². The number of carboxylic acids is 1. The number of ether oxygens (including phenoxy) is 2. The molecule has 4 heterocycles. The van der Waals surface area contributed by atoms with Gasteiger partial charge in [0.15, 0.2) is 0 Å². The first-order valence-corrected chi connectivity index (χ1v) is 8.28. The van der Waals surface area contributed by atoms with Crippen LogP contribution in [0.3, 0.4) is 0 Å². The number of aromatic nitrogens is 3. The van der Waals surface area contributed by atoms with Crippen molar-refractivity contribution in [3.63, 3.8) is 0 Å². The van der Waals surface area contributed by atoms with E-state index in [1.165, 1.54) is 6.20 Å². The molecule has 1 aliphatic carbocycles. The maximum Gasteiger partial charge on any atom is 0.342 e. The van der Waals surface area contributed by atoms with E-state index < -0.39 is 5.97 Å². The number of imidazole rings is 1. The van der Waals surface area contributed by atoms with Crippen molar-refractivity contribution < 1.29 is 19.4 Å². The number of nitrogens with zero attached hydrogens (tertiary/aromatic N) is 3. The lowest BCUT2D eigenvalue weighted by molar-refractivity contribution is 0.0154. The lowest BCUT2D eigenvalue weighted by Crippen LogP contribution is -2.45. The Hall–Kier alpha value is -2.15. The van der Waals surface area contributed by atoms with Crippen LogP contribution in [0, 0.1) is 0 Å². The lowest BCUT2D eigenvalue weighted by Gasteiger charge is -2.41. The van der Waals surface area contributed by atoms with E-state index >= 15 is 0 Å². The number of hydrogen-bond donors (Lipinski definition) is 1. The number of carboxylic acid groups (broad SMARTS) is 1. The number of carbonyl (C=O) groups is 1. The van der Waals surface area contributed by atoms with Crippen LogP contribution in [0.25, 0.3) is 5.78 Å². The summed E-state index contributed by atoms with van der Waals surface area (Å²) < 4.78 is 13.2. The van der Waals surface area contributed by atoms with Gasteiger partial charge in [0.1, 0.15) is 5.56 Å². The molecule has 0 amide bonds. The third-order valence-corrected chi connectivity index (χ3v) is 5.20. The summed E-state index contributed by atoms with van der Waals surface area (Å²) in [5.41, 5.74) is 0.886. The van der Waals surface area contributed by atoms with Crippen LogP contribution in [0.15, 0.2) is 12.4 Å². The Morgan fingerprint density at radius 1 is 1.46 bits per heavy atom. The first-order valence-electron chi connectivity index (χ1n) is 8.28. The highest BCUT2D eigenvalue weighted by molar-refractivity contribution is 5.90. The minimum absolute atomic E-state index is 0.0275. The molecular formula is C17H21N3O4. The molecule has 7 nitrogen and oxygen atoms in total. The van der Waals surface area contributed by atoms with E-state index in [1.54, 1.807) is 4.40 Å². The summed E-state index contributed by atoms with van der Waals surface area (Å²) in [5, 5.41) is 9.45. The molecule has 3 fully saturated rings. The van der Waals surface area contributed by atoms with E-state index in [-0.39, 0.29) is 28.6 Å². The first-order chi connectivity index (χ1) is 11.3. The van der Waals surface area contributed by atoms with Gasteiger partial charge in [-0.1, -0.05) is 6.92 Å². The largest absolute Gasteiger partial charge is 0.477 e. The average Bonchev–Trinajstić information content (AvgIpc) is 3.16. The van der Waals surface area contributed by atoms with Crippen LogP contribution in [0.2, 0.25) is 0 Å². The molecule has 2 saturated heterocycles. The van der Waals surface area contributed by atoms with Crippen molar-refractivity contribution in [2.24, 2.45) is 0 Å². The third kappa shape index (κ3) is 2.18. The molecule has 2 bridgehead atoms. The zero-order valence-corrected chi connectivity index (χ0v) is 14.1. The Bertz CT molecular complexity index is 823. The molecule has 7 heteroatoms. The van der Waals surface area contributed by atoms with Gasteiger partial charge in [-0.25, -0.2) is 9.78 Å². The van der Waals surface area contributed by atoms with Crippen LogP contribution in [0.5, 0.6) is 5.88 Å². The van der Waals surface area contributed by atoms with E-state index in [2.05, 4.69) is 16.9 Å². The molecule has 1 saturated carbocycles. The fourth-order valence-corrected chi connectivity index (χ4v) is 3.82. The van der Waals surface area contributed by atoms with Crippen LogP contribution in [0.4, 0.5) is 0 Å². The molecular weight excluding hydrogens is 310 g/mol. The highest BCUT2D eigenvalue weighted by Gasteiger charge is 2.61. The summed E-state index contributed by atoms with van der Waals surface area (Å²) in [7, 11) is 0. The molecule has 1 N–H and O–H groups in total. The van der Waals surface area contributed by atoms with E-state index in [1.807, 2.05) is 20.0 Å². The molecule has 0 unspecified atom stereocenters. The Morgan fingerprint density at radius 3 is 2.79 bits per heavy atom. The molecule has 2 aromatic rings. The normalized spacial score (nSPS) is 29.5. The molecule has 24 heavy (non-hydrogen) atoms. The van der Waals surface area contributed by atoms with Crippen LogP contribution >= 0.6 is 0 Å². The predicted molar refractivity (Wildman–Crippen MR) is 85.6 cm³/mol. The summed E-state index contributed by atoms with van der Waals surface area (Å²) in [6.07, 6.45) is 5.96. The van der Waals surface area contributed by atoms with Crippen LogP contribution < -0.4 is 4.74 Å². The molecule has 5 rings (SSSR count). The molecule has 0 aromatic carbocycles. The zero-order valence-electron chi connectivity index (χ0n) is 14.1. The molecule has 0 radical (unpaired) electrons. The van der Waals surface area contributed by atoms with Gasteiger partial charge in [0, 0.05) is 17.8 Å². The van der Waals surface area contributed by atoms with Gasteiger partial charge in [0.2, 0.25) is 11.7 Å². The number of fused-ring (bicyclic) bond motifs is 2. The fraction of sp³-hybridized carbons (Fsp3) is 0.588. The number of aromatic carboxylic acids is 1. The number of hydrogen-bond acceptors (Lipinski definition) is 5. The minimum Gasteiger partial charge on any atom is -0.477 e. The van der Waals surface area contributed by atoms with E-state index in [0.29, 0.717) is 12.4 Å². The van der Waals surface area contributed by atoms with Crippen LogP contribution in [-0.2, 0) is 10.2 Å². The third-order valence-electron chi connectivity index (χ3n) is 5.20. The SMILES string of the molecule is CC[C@H](C)Oc1nc2nc(C34COC(C)(C3)C4)cn2cc1C(=O)O. The highest BCUT2D eigenvalue weighted by atomic mass is 16.5. The molecule has 3 aliphatic rings. The second-order valence-electron chi connectivity index (χ2n) is 7.31. The summed E-state index contributed by atoms with van der Waals surface area (Å²) in [4.78, 5) is 20.5.